The van der Waals surface area contributed by atoms with E-state index < -0.39 is 11.6 Å². The van der Waals surface area contributed by atoms with Crippen LogP contribution in [0.4, 0.5) is 0 Å². The minimum atomic E-state index is -0.698. The maximum absolute atomic E-state index is 13.7. The van der Waals surface area contributed by atoms with Gasteiger partial charge < -0.3 is 10.2 Å². The maximum Gasteiger partial charge on any atom is 0.243 e. The van der Waals surface area contributed by atoms with E-state index >= 15 is 0 Å². The van der Waals surface area contributed by atoms with Gasteiger partial charge in [-0.1, -0.05) is 89.9 Å². The van der Waals surface area contributed by atoms with E-state index in [4.69, 9.17) is 23.2 Å². The molecule has 36 heavy (non-hydrogen) atoms. The molecule has 0 spiro atoms. The van der Waals surface area contributed by atoms with Crippen LogP contribution in [0.1, 0.15) is 37.5 Å². The third-order valence-corrected chi connectivity index (χ3v) is 7.21. The Labute approximate surface area is 228 Å². The van der Waals surface area contributed by atoms with Crippen molar-refractivity contribution in [3.63, 3.8) is 0 Å². The lowest BCUT2D eigenvalue weighted by molar-refractivity contribution is -0.140. The van der Waals surface area contributed by atoms with Crippen molar-refractivity contribution in [3.05, 3.63) is 106 Å². The van der Waals surface area contributed by atoms with Gasteiger partial charge in [0.25, 0.3) is 0 Å². The summed E-state index contributed by atoms with van der Waals surface area (Å²) in [6.07, 6.45) is 0.397. The van der Waals surface area contributed by atoms with Crippen LogP contribution < -0.4 is 5.32 Å². The van der Waals surface area contributed by atoms with Crippen molar-refractivity contribution < 1.29 is 9.59 Å². The first-order valence-electron chi connectivity index (χ1n) is 11.8. The van der Waals surface area contributed by atoms with Crippen LogP contribution in [-0.4, -0.2) is 34.0 Å². The minimum Gasteiger partial charge on any atom is -0.350 e. The average molecular weight is 544 g/mol. The van der Waals surface area contributed by atoms with E-state index in [-0.39, 0.29) is 24.1 Å². The number of carbonyl (C=O) groups is 2. The first-order valence-corrected chi connectivity index (χ1v) is 13.7. The molecule has 0 saturated carbocycles. The van der Waals surface area contributed by atoms with Gasteiger partial charge in [-0.15, -0.1) is 11.8 Å². The number of benzene rings is 3. The van der Waals surface area contributed by atoms with Crippen molar-refractivity contribution in [3.8, 4) is 0 Å². The fourth-order valence-electron chi connectivity index (χ4n) is 3.76. The molecule has 2 amide bonds. The Morgan fingerprint density at radius 2 is 1.42 bits per heavy atom. The molecule has 4 nitrogen and oxygen atoms in total. The number of thioether (sulfide) groups is 1. The van der Waals surface area contributed by atoms with E-state index in [1.165, 1.54) is 11.8 Å². The molecule has 0 aliphatic rings. The van der Waals surface area contributed by atoms with Crippen LogP contribution in [0, 0.1) is 0 Å². The third-order valence-electron chi connectivity index (χ3n) is 5.51. The van der Waals surface area contributed by atoms with Crippen molar-refractivity contribution in [1.82, 2.24) is 10.2 Å². The summed E-state index contributed by atoms with van der Waals surface area (Å²) in [6.45, 7) is 6.04. The van der Waals surface area contributed by atoms with E-state index in [1.54, 1.807) is 11.0 Å². The second-order valence-corrected chi connectivity index (χ2v) is 11.4. The Kier molecular flexibility index (Phi) is 10.3. The first kappa shape index (κ1) is 28.1. The lowest BCUT2D eigenvalue weighted by Crippen LogP contribution is -2.54. The van der Waals surface area contributed by atoms with E-state index in [0.717, 1.165) is 16.7 Å². The van der Waals surface area contributed by atoms with Gasteiger partial charge >= 0.3 is 0 Å². The number of halogens is 2. The van der Waals surface area contributed by atoms with Gasteiger partial charge in [-0.05, 0) is 49.6 Å². The number of nitrogens with zero attached hydrogens (tertiary/aromatic N) is 1. The van der Waals surface area contributed by atoms with Crippen LogP contribution in [-0.2, 0) is 28.3 Å². The molecule has 1 N–H and O–H groups in total. The summed E-state index contributed by atoms with van der Waals surface area (Å²) < 4.78 is 0. The predicted octanol–water partition coefficient (Wildman–Crippen LogP) is 6.78. The quantitative estimate of drug-likeness (QED) is 0.307. The van der Waals surface area contributed by atoms with Crippen molar-refractivity contribution in [2.24, 2.45) is 0 Å². The van der Waals surface area contributed by atoms with Gasteiger partial charge in [0.1, 0.15) is 6.04 Å². The maximum atomic E-state index is 13.7. The van der Waals surface area contributed by atoms with Crippen LogP contribution in [0.3, 0.4) is 0 Å². The van der Waals surface area contributed by atoms with E-state index in [1.807, 2.05) is 93.6 Å². The summed E-state index contributed by atoms with van der Waals surface area (Å²) in [5.41, 5.74) is 2.31. The van der Waals surface area contributed by atoms with Crippen molar-refractivity contribution >= 4 is 46.8 Å². The Balaban J connectivity index is 1.89. The second-order valence-electron chi connectivity index (χ2n) is 9.64. The molecule has 3 rings (SSSR count). The molecule has 0 fully saturated rings. The van der Waals surface area contributed by atoms with Crippen LogP contribution in [0.15, 0.2) is 78.9 Å². The minimum absolute atomic E-state index is 0.128. The molecule has 0 bridgehead atoms. The number of carbonyl (C=O) groups excluding carboxylic acids is 2. The highest BCUT2D eigenvalue weighted by Gasteiger charge is 2.32. The molecular weight excluding hydrogens is 511 g/mol. The first-order chi connectivity index (χ1) is 17.1. The Morgan fingerprint density at radius 1 is 0.861 bits per heavy atom. The fourth-order valence-corrected chi connectivity index (χ4v) is 5.16. The zero-order valence-electron chi connectivity index (χ0n) is 20.8. The molecule has 0 radical (unpaired) electrons. The van der Waals surface area contributed by atoms with Gasteiger partial charge in [-0.3, -0.25) is 9.59 Å². The van der Waals surface area contributed by atoms with Crippen LogP contribution in [0.2, 0.25) is 10.0 Å². The van der Waals surface area contributed by atoms with Crippen LogP contribution in [0.5, 0.6) is 0 Å². The van der Waals surface area contributed by atoms with E-state index in [9.17, 15) is 9.59 Å². The summed E-state index contributed by atoms with van der Waals surface area (Å²) in [4.78, 5) is 28.9. The SMILES string of the molecule is CC(C)(C)NC(=O)C(Cc1ccccc1)N(Cc1ccccc1Cl)C(=O)CSCc1ccccc1Cl. The summed E-state index contributed by atoms with van der Waals surface area (Å²) >= 11 is 14.2. The molecule has 0 aliphatic carbocycles. The van der Waals surface area contributed by atoms with Gasteiger partial charge in [0.2, 0.25) is 11.8 Å². The molecule has 0 saturated heterocycles. The standard InChI is InChI=1S/C29H32Cl2N2O2S/c1-29(2,3)32-28(35)26(17-21-11-5-4-6-12-21)33(18-22-13-7-9-15-24(22)30)27(34)20-36-19-23-14-8-10-16-25(23)31/h4-16,26H,17-20H2,1-3H3,(H,32,35). The summed E-state index contributed by atoms with van der Waals surface area (Å²) in [5.74, 6) is 0.493. The van der Waals surface area contributed by atoms with Crippen molar-refractivity contribution in [2.45, 2.75) is 51.1 Å². The molecule has 3 aromatic carbocycles. The van der Waals surface area contributed by atoms with E-state index in [2.05, 4.69) is 5.32 Å². The molecule has 0 aromatic heterocycles. The predicted molar refractivity (Wildman–Crippen MR) is 151 cm³/mol. The number of rotatable bonds is 10. The molecular formula is C29H32Cl2N2O2S. The summed E-state index contributed by atoms with van der Waals surface area (Å²) in [5, 5.41) is 4.32. The zero-order valence-corrected chi connectivity index (χ0v) is 23.2. The van der Waals surface area contributed by atoms with Gasteiger partial charge in [-0.25, -0.2) is 0 Å². The monoisotopic (exact) mass is 542 g/mol. The molecule has 0 aliphatic heterocycles. The highest BCUT2D eigenvalue weighted by Crippen LogP contribution is 2.24. The number of nitrogens with one attached hydrogen (secondary N) is 1. The van der Waals surface area contributed by atoms with Gasteiger partial charge in [-0.2, -0.15) is 0 Å². The van der Waals surface area contributed by atoms with Gasteiger partial charge in [0.05, 0.1) is 5.75 Å². The van der Waals surface area contributed by atoms with Crippen LogP contribution >= 0.6 is 35.0 Å². The Morgan fingerprint density at radius 3 is 2.00 bits per heavy atom. The highest BCUT2D eigenvalue weighted by atomic mass is 35.5. The largest absolute Gasteiger partial charge is 0.350 e. The average Bonchev–Trinajstić information content (AvgIpc) is 2.83. The number of amides is 2. The number of hydrogen-bond acceptors (Lipinski definition) is 3. The smallest absolute Gasteiger partial charge is 0.243 e. The lowest BCUT2D eigenvalue weighted by atomic mass is 10.0. The third kappa shape index (κ3) is 8.58. The molecule has 190 valence electrons. The van der Waals surface area contributed by atoms with Crippen LogP contribution in [0.25, 0.3) is 0 Å². The number of hydrogen-bond donors (Lipinski definition) is 1. The van der Waals surface area contributed by atoms with Gasteiger partial charge in [0, 0.05) is 34.3 Å². The molecule has 1 unspecified atom stereocenters. The highest BCUT2D eigenvalue weighted by molar-refractivity contribution is 7.99. The normalized spacial score (nSPS) is 12.1. The van der Waals surface area contributed by atoms with Crippen molar-refractivity contribution in [1.29, 1.82) is 0 Å². The fraction of sp³-hybridized carbons (Fsp3) is 0.310. The Bertz CT molecular complexity index is 1170. The summed E-state index contributed by atoms with van der Waals surface area (Å²) in [7, 11) is 0. The molecule has 1 atom stereocenters. The van der Waals surface area contributed by atoms with Gasteiger partial charge in [0.15, 0.2) is 0 Å². The topological polar surface area (TPSA) is 49.4 Å². The zero-order chi connectivity index (χ0) is 26.1. The Hall–Kier alpha value is -2.47. The second kappa shape index (κ2) is 13.2. The molecule has 0 heterocycles. The molecule has 3 aromatic rings. The van der Waals surface area contributed by atoms with E-state index in [0.29, 0.717) is 22.2 Å². The van der Waals surface area contributed by atoms with Crippen molar-refractivity contribution in [2.75, 3.05) is 5.75 Å². The summed E-state index contributed by atoms with van der Waals surface area (Å²) in [6, 6.07) is 24.1. The molecule has 7 heteroatoms. The lowest BCUT2D eigenvalue weighted by Gasteiger charge is -2.34.